The second-order valence-electron chi connectivity index (χ2n) is 6.40. The number of hydrogen-bond acceptors (Lipinski definition) is 5. The van der Waals surface area contributed by atoms with Crippen molar-refractivity contribution in [1.29, 1.82) is 0 Å². The van der Waals surface area contributed by atoms with Gasteiger partial charge in [-0.25, -0.2) is 0 Å². The fraction of sp³-hybridized carbons (Fsp3) is 0.444. The molecule has 24 heavy (non-hydrogen) atoms. The van der Waals surface area contributed by atoms with Crippen LogP contribution in [0.5, 0.6) is 0 Å². The Balaban J connectivity index is 1.64. The van der Waals surface area contributed by atoms with Gasteiger partial charge in [-0.2, -0.15) is 0 Å². The first-order chi connectivity index (χ1) is 11.8. The number of ether oxygens (including phenoxy) is 1. The van der Waals surface area contributed by atoms with Gasteiger partial charge in [-0.15, -0.1) is 0 Å². The smallest absolute Gasteiger partial charge is 0.228 e. The Hall–Kier alpha value is -2.18. The van der Waals surface area contributed by atoms with Gasteiger partial charge in [0.2, 0.25) is 5.91 Å². The third-order valence-electron chi connectivity index (χ3n) is 4.49. The van der Waals surface area contributed by atoms with Crippen molar-refractivity contribution in [3.8, 4) is 11.1 Å². The highest BCUT2D eigenvalue weighted by molar-refractivity contribution is 5.99. The number of anilines is 1. The molecule has 0 unspecified atom stereocenters. The summed E-state index contributed by atoms with van der Waals surface area (Å²) in [5.41, 5.74) is 4.87. The van der Waals surface area contributed by atoms with Crippen LogP contribution in [0.3, 0.4) is 0 Å². The molecule has 1 saturated carbocycles. The molecule has 1 aromatic carbocycles. The summed E-state index contributed by atoms with van der Waals surface area (Å²) in [6.07, 6.45) is 2.72. The largest absolute Gasteiger partial charge is 0.374 e. The van der Waals surface area contributed by atoms with Crippen LogP contribution >= 0.6 is 0 Å². The van der Waals surface area contributed by atoms with Gasteiger partial charge in [0.15, 0.2) is 0 Å². The molecule has 6 nitrogen and oxygen atoms in total. The topological polar surface area (TPSA) is 76.4 Å². The zero-order chi connectivity index (χ0) is 16.5. The van der Waals surface area contributed by atoms with E-state index in [4.69, 9.17) is 9.26 Å². The highest BCUT2D eigenvalue weighted by Crippen LogP contribution is 2.46. The van der Waals surface area contributed by atoms with E-state index in [-0.39, 0.29) is 5.91 Å². The van der Waals surface area contributed by atoms with Crippen LogP contribution in [-0.2, 0) is 22.6 Å². The summed E-state index contributed by atoms with van der Waals surface area (Å²) in [5, 5.41) is 10.2. The van der Waals surface area contributed by atoms with E-state index in [1.807, 2.05) is 19.2 Å². The van der Waals surface area contributed by atoms with Gasteiger partial charge < -0.3 is 19.9 Å². The molecule has 0 saturated heterocycles. The number of hydrogen-bond donors (Lipinski definition) is 2. The molecule has 0 bridgehead atoms. The van der Waals surface area contributed by atoms with Crippen molar-refractivity contribution in [2.75, 3.05) is 25.5 Å². The van der Waals surface area contributed by atoms with E-state index < -0.39 is 0 Å². The van der Waals surface area contributed by atoms with Crippen LogP contribution in [0.4, 0.5) is 5.69 Å². The van der Waals surface area contributed by atoms with E-state index in [9.17, 15) is 4.79 Å². The van der Waals surface area contributed by atoms with Gasteiger partial charge in [-0.3, -0.25) is 4.79 Å². The van der Waals surface area contributed by atoms with Gasteiger partial charge in [0.25, 0.3) is 0 Å². The number of nitrogens with one attached hydrogen (secondary N) is 2. The molecule has 1 aliphatic heterocycles. The summed E-state index contributed by atoms with van der Waals surface area (Å²) < 4.78 is 11.3. The Bertz CT molecular complexity index is 765. The van der Waals surface area contributed by atoms with Crippen LogP contribution in [0.2, 0.25) is 0 Å². The number of rotatable bonds is 7. The zero-order valence-corrected chi connectivity index (χ0v) is 13.7. The van der Waals surface area contributed by atoms with Crippen molar-refractivity contribution in [3.63, 3.8) is 0 Å². The quantitative estimate of drug-likeness (QED) is 0.764. The van der Waals surface area contributed by atoms with E-state index in [1.54, 1.807) is 0 Å². The number of carbonyl (C=O) groups is 1. The van der Waals surface area contributed by atoms with Gasteiger partial charge >= 0.3 is 0 Å². The predicted molar refractivity (Wildman–Crippen MR) is 89.8 cm³/mol. The van der Waals surface area contributed by atoms with Gasteiger partial charge in [-0.1, -0.05) is 11.2 Å². The first-order valence-electron chi connectivity index (χ1n) is 8.40. The minimum absolute atomic E-state index is 0.0468. The lowest BCUT2D eigenvalue weighted by Gasteiger charge is -2.07. The molecule has 1 amide bonds. The maximum atomic E-state index is 11.6. The fourth-order valence-electron chi connectivity index (χ4n) is 3.10. The molecule has 0 spiro atoms. The molecule has 1 aliphatic carbocycles. The maximum Gasteiger partial charge on any atom is 0.228 e. The molecule has 4 rings (SSSR count). The molecule has 2 aromatic rings. The summed E-state index contributed by atoms with van der Waals surface area (Å²) in [4.78, 5) is 11.6. The molecule has 6 heteroatoms. The molecule has 0 atom stereocenters. The Morgan fingerprint density at radius 1 is 1.42 bits per heavy atom. The van der Waals surface area contributed by atoms with Crippen LogP contribution < -0.4 is 10.6 Å². The number of carbonyl (C=O) groups excluding carboxylic acids is 1. The first kappa shape index (κ1) is 15.4. The number of aromatic nitrogens is 1. The lowest BCUT2D eigenvalue weighted by atomic mass is 9.98. The minimum atomic E-state index is 0.0468. The number of amides is 1. The van der Waals surface area contributed by atoms with E-state index in [1.165, 1.54) is 0 Å². The molecule has 0 radical (unpaired) electrons. The minimum Gasteiger partial charge on any atom is -0.374 e. The fourth-order valence-corrected chi connectivity index (χ4v) is 3.10. The van der Waals surface area contributed by atoms with E-state index in [0.29, 0.717) is 25.6 Å². The Morgan fingerprint density at radius 3 is 3.08 bits per heavy atom. The van der Waals surface area contributed by atoms with Gasteiger partial charge in [0, 0.05) is 18.2 Å². The molecule has 2 N–H and O–H groups in total. The average molecular weight is 327 g/mol. The number of likely N-dealkylation sites (N-methyl/N-ethyl adjacent to an activating group) is 1. The molecule has 1 fully saturated rings. The van der Waals surface area contributed by atoms with Crippen molar-refractivity contribution < 1.29 is 14.1 Å². The Labute approximate surface area is 140 Å². The standard InChI is InChI=1S/C18H21N3O3/c1-19-6-7-23-10-15-17(18(24-21-15)11-2-3-11)12-4-5-14-13(8-12)9-16(22)20-14/h4-5,8,11,19H,2-3,6-7,9-10H2,1H3,(H,20,22). The van der Waals surface area contributed by atoms with E-state index in [0.717, 1.165) is 53.2 Å². The van der Waals surface area contributed by atoms with Crippen LogP contribution in [0.1, 0.15) is 35.8 Å². The monoisotopic (exact) mass is 327 g/mol. The highest BCUT2D eigenvalue weighted by Gasteiger charge is 2.33. The molecule has 2 aliphatic rings. The van der Waals surface area contributed by atoms with Gasteiger partial charge in [0.05, 0.1) is 25.2 Å². The number of benzene rings is 1. The Morgan fingerprint density at radius 2 is 2.29 bits per heavy atom. The van der Waals surface area contributed by atoms with Crippen LogP contribution in [0.15, 0.2) is 22.7 Å². The van der Waals surface area contributed by atoms with Crippen molar-refractivity contribution in [3.05, 3.63) is 35.2 Å². The van der Waals surface area contributed by atoms with E-state index in [2.05, 4.69) is 21.9 Å². The first-order valence-corrected chi connectivity index (χ1v) is 8.40. The predicted octanol–water partition coefficient (Wildman–Crippen LogP) is 2.45. The summed E-state index contributed by atoms with van der Waals surface area (Å²) in [6.45, 7) is 1.86. The van der Waals surface area contributed by atoms with Crippen LogP contribution in [0.25, 0.3) is 11.1 Å². The molecule has 126 valence electrons. The van der Waals surface area contributed by atoms with Crippen molar-refractivity contribution >= 4 is 11.6 Å². The lowest BCUT2D eigenvalue weighted by molar-refractivity contribution is -0.115. The number of fused-ring (bicyclic) bond motifs is 1. The molecular formula is C18H21N3O3. The van der Waals surface area contributed by atoms with Crippen molar-refractivity contribution in [1.82, 2.24) is 10.5 Å². The normalized spacial score (nSPS) is 16.3. The second-order valence-corrected chi connectivity index (χ2v) is 6.40. The summed E-state index contributed by atoms with van der Waals surface area (Å²) in [6, 6.07) is 6.06. The lowest BCUT2D eigenvalue weighted by Crippen LogP contribution is -2.14. The molecular weight excluding hydrogens is 306 g/mol. The summed E-state index contributed by atoms with van der Waals surface area (Å²) >= 11 is 0. The summed E-state index contributed by atoms with van der Waals surface area (Å²) in [5.74, 6) is 1.47. The third-order valence-corrected chi connectivity index (χ3v) is 4.49. The Kier molecular flexibility index (Phi) is 4.08. The maximum absolute atomic E-state index is 11.6. The van der Waals surface area contributed by atoms with Crippen molar-refractivity contribution in [2.24, 2.45) is 0 Å². The van der Waals surface area contributed by atoms with Crippen LogP contribution in [-0.4, -0.2) is 31.3 Å². The summed E-state index contributed by atoms with van der Waals surface area (Å²) in [7, 11) is 1.90. The van der Waals surface area contributed by atoms with E-state index >= 15 is 0 Å². The average Bonchev–Trinajstić information content (AvgIpc) is 3.22. The van der Waals surface area contributed by atoms with Crippen molar-refractivity contribution in [2.45, 2.75) is 31.8 Å². The van der Waals surface area contributed by atoms with Gasteiger partial charge in [0.1, 0.15) is 11.5 Å². The highest BCUT2D eigenvalue weighted by atomic mass is 16.5. The zero-order valence-electron chi connectivity index (χ0n) is 13.7. The van der Waals surface area contributed by atoms with Crippen LogP contribution in [0, 0.1) is 0 Å². The SMILES string of the molecule is CNCCOCc1noc(C2CC2)c1-c1ccc2c(c1)CC(=O)N2. The number of nitrogens with zero attached hydrogens (tertiary/aromatic N) is 1. The third kappa shape index (κ3) is 2.95. The molecule has 1 aromatic heterocycles. The second kappa shape index (κ2) is 6.37. The molecule has 2 heterocycles. The van der Waals surface area contributed by atoms with Gasteiger partial charge in [-0.05, 0) is 43.1 Å².